The normalized spacial score (nSPS) is 10.7. The number of carbonyl (C=O) groups is 1. The Morgan fingerprint density at radius 1 is 1.15 bits per heavy atom. The summed E-state index contributed by atoms with van der Waals surface area (Å²) >= 11 is 3.01. The molecule has 1 N–H and O–H groups in total. The van der Waals surface area contributed by atoms with Gasteiger partial charge in [-0.05, 0) is 30.5 Å². The van der Waals surface area contributed by atoms with Crippen molar-refractivity contribution in [3.63, 3.8) is 0 Å². The number of aromatic nitrogens is 1. The standard InChI is InChI=1S/C15H12N2OS2/c1-19-12-8-4-2-6-10(12)16-14(18)15-17-11-7-3-5-9-13(11)20-15/h2-9H,1H3,(H,16,18). The molecule has 3 aromatic rings. The fourth-order valence-corrected chi connectivity index (χ4v) is 3.31. The van der Waals surface area contributed by atoms with E-state index < -0.39 is 0 Å². The maximum atomic E-state index is 12.3. The number of benzene rings is 2. The highest BCUT2D eigenvalue weighted by molar-refractivity contribution is 7.98. The minimum atomic E-state index is -0.160. The van der Waals surface area contributed by atoms with E-state index in [1.54, 1.807) is 11.8 Å². The van der Waals surface area contributed by atoms with Crippen molar-refractivity contribution in [1.82, 2.24) is 4.98 Å². The van der Waals surface area contributed by atoms with Crippen molar-refractivity contribution in [3.05, 3.63) is 53.5 Å². The number of amides is 1. The first-order valence-electron chi connectivity index (χ1n) is 6.08. The molecule has 20 heavy (non-hydrogen) atoms. The number of anilines is 1. The number of nitrogens with zero attached hydrogens (tertiary/aromatic N) is 1. The molecule has 0 aliphatic heterocycles. The van der Waals surface area contributed by atoms with Gasteiger partial charge in [0.25, 0.3) is 5.91 Å². The summed E-state index contributed by atoms with van der Waals surface area (Å²) < 4.78 is 1.02. The zero-order valence-corrected chi connectivity index (χ0v) is 12.4. The van der Waals surface area contributed by atoms with Crippen LogP contribution in [0.5, 0.6) is 0 Å². The fraction of sp³-hybridized carbons (Fsp3) is 0.0667. The third kappa shape index (κ3) is 2.55. The summed E-state index contributed by atoms with van der Waals surface area (Å²) in [5.41, 5.74) is 1.69. The van der Waals surface area contributed by atoms with E-state index in [9.17, 15) is 4.79 Å². The molecule has 2 aromatic carbocycles. The van der Waals surface area contributed by atoms with Crippen LogP contribution in [0.25, 0.3) is 10.2 Å². The second-order valence-corrected chi connectivity index (χ2v) is 6.02. The van der Waals surface area contributed by atoms with Gasteiger partial charge in [0, 0.05) is 4.90 Å². The van der Waals surface area contributed by atoms with Gasteiger partial charge in [0.15, 0.2) is 5.01 Å². The van der Waals surface area contributed by atoms with Crippen molar-refractivity contribution in [2.45, 2.75) is 4.90 Å². The Labute approximate surface area is 125 Å². The van der Waals surface area contributed by atoms with E-state index in [2.05, 4.69) is 10.3 Å². The van der Waals surface area contributed by atoms with Crippen molar-refractivity contribution in [1.29, 1.82) is 0 Å². The minimum absolute atomic E-state index is 0.160. The van der Waals surface area contributed by atoms with Gasteiger partial charge >= 0.3 is 0 Å². The molecule has 1 heterocycles. The van der Waals surface area contributed by atoms with Gasteiger partial charge in [-0.1, -0.05) is 24.3 Å². The van der Waals surface area contributed by atoms with Crippen LogP contribution in [0.3, 0.4) is 0 Å². The smallest absolute Gasteiger partial charge is 0.284 e. The molecule has 3 rings (SSSR count). The molecule has 1 aromatic heterocycles. The van der Waals surface area contributed by atoms with Crippen LogP contribution in [0, 0.1) is 0 Å². The van der Waals surface area contributed by atoms with E-state index in [-0.39, 0.29) is 5.91 Å². The molecule has 1 amide bonds. The Hall–Kier alpha value is -1.85. The monoisotopic (exact) mass is 300 g/mol. The summed E-state index contributed by atoms with van der Waals surface area (Å²) in [5, 5.41) is 3.41. The molecule has 100 valence electrons. The number of carbonyl (C=O) groups excluding carboxylic acids is 1. The van der Waals surface area contributed by atoms with Gasteiger partial charge in [0.1, 0.15) is 0 Å². The van der Waals surface area contributed by atoms with Gasteiger partial charge in [-0.15, -0.1) is 23.1 Å². The number of para-hydroxylation sites is 2. The lowest BCUT2D eigenvalue weighted by molar-refractivity contribution is 0.102. The molecule has 0 aliphatic carbocycles. The van der Waals surface area contributed by atoms with Crippen molar-refractivity contribution >= 4 is 44.9 Å². The van der Waals surface area contributed by atoms with Crippen molar-refractivity contribution in [3.8, 4) is 0 Å². The van der Waals surface area contributed by atoms with Crippen molar-refractivity contribution in [2.75, 3.05) is 11.6 Å². The lowest BCUT2D eigenvalue weighted by Gasteiger charge is -2.07. The first-order chi connectivity index (χ1) is 9.78. The second kappa shape index (κ2) is 5.64. The van der Waals surface area contributed by atoms with Gasteiger partial charge in [0.2, 0.25) is 0 Å². The Morgan fingerprint density at radius 2 is 1.90 bits per heavy atom. The first kappa shape index (κ1) is 13.1. The van der Waals surface area contributed by atoms with Crippen LogP contribution in [0.4, 0.5) is 5.69 Å². The maximum Gasteiger partial charge on any atom is 0.284 e. The van der Waals surface area contributed by atoms with Gasteiger partial charge in [0.05, 0.1) is 15.9 Å². The molecule has 5 heteroatoms. The maximum absolute atomic E-state index is 12.3. The quantitative estimate of drug-likeness (QED) is 0.734. The molecule has 0 unspecified atom stereocenters. The summed E-state index contributed by atoms with van der Waals surface area (Å²) in [7, 11) is 0. The molecule has 0 bridgehead atoms. The van der Waals surface area contributed by atoms with Gasteiger partial charge in [-0.2, -0.15) is 0 Å². The van der Waals surface area contributed by atoms with E-state index >= 15 is 0 Å². The molecule has 0 saturated heterocycles. The zero-order valence-electron chi connectivity index (χ0n) is 10.8. The van der Waals surface area contributed by atoms with Gasteiger partial charge in [-0.25, -0.2) is 4.98 Å². The highest BCUT2D eigenvalue weighted by atomic mass is 32.2. The van der Waals surface area contributed by atoms with Crippen molar-refractivity contribution in [2.24, 2.45) is 0 Å². The molecule has 0 spiro atoms. The van der Waals surface area contributed by atoms with E-state index in [4.69, 9.17) is 0 Å². The SMILES string of the molecule is CSc1ccccc1NC(=O)c1nc2ccccc2s1. The summed E-state index contributed by atoms with van der Waals surface area (Å²) in [6.07, 6.45) is 1.99. The number of fused-ring (bicyclic) bond motifs is 1. The van der Waals surface area contributed by atoms with Crippen LogP contribution in [0.2, 0.25) is 0 Å². The summed E-state index contributed by atoms with van der Waals surface area (Å²) in [6, 6.07) is 15.5. The Balaban J connectivity index is 1.89. The molecule has 0 fully saturated rings. The van der Waals surface area contributed by atoms with E-state index in [0.29, 0.717) is 5.01 Å². The predicted molar refractivity (Wildman–Crippen MR) is 85.8 cm³/mol. The number of hydrogen-bond donors (Lipinski definition) is 1. The molecule has 0 atom stereocenters. The van der Waals surface area contributed by atoms with Crippen LogP contribution >= 0.6 is 23.1 Å². The topological polar surface area (TPSA) is 42.0 Å². The third-order valence-electron chi connectivity index (χ3n) is 2.84. The molecule has 0 saturated carbocycles. The van der Waals surface area contributed by atoms with E-state index in [0.717, 1.165) is 20.8 Å². The summed E-state index contributed by atoms with van der Waals surface area (Å²) in [6.45, 7) is 0. The van der Waals surface area contributed by atoms with Gasteiger partial charge < -0.3 is 5.32 Å². The molecule has 0 radical (unpaired) electrons. The summed E-state index contributed by atoms with van der Waals surface area (Å²) in [4.78, 5) is 17.7. The number of hydrogen-bond acceptors (Lipinski definition) is 4. The molecular formula is C15H12N2OS2. The second-order valence-electron chi connectivity index (χ2n) is 4.14. The van der Waals surface area contributed by atoms with Crippen LogP contribution < -0.4 is 5.32 Å². The third-order valence-corrected chi connectivity index (χ3v) is 4.67. The average molecular weight is 300 g/mol. The Morgan fingerprint density at radius 3 is 2.70 bits per heavy atom. The lowest BCUT2D eigenvalue weighted by atomic mass is 10.3. The van der Waals surface area contributed by atoms with Crippen LogP contribution in [0.15, 0.2) is 53.4 Å². The minimum Gasteiger partial charge on any atom is -0.319 e. The lowest BCUT2D eigenvalue weighted by Crippen LogP contribution is -2.11. The fourth-order valence-electron chi connectivity index (χ4n) is 1.89. The highest BCUT2D eigenvalue weighted by Gasteiger charge is 2.13. The number of thiazole rings is 1. The zero-order chi connectivity index (χ0) is 13.9. The van der Waals surface area contributed by atoms with Crippen LogP contribution in [-0.4, -0.2) is 17.1 Å². The number of rotatable bonds is 3. The predicted octanol–water partition coefficient (Wildman–Crippen LogP) is 4.27. The van der Waals surface area contributed by atoms with Crippen LogP contribution in [-0.2, 0) is 0 Å². The largest absolute Gasteiger partial charge is 0.319 e. The average Bonchev–Trinajstić information content (AvgIpc) is 2.92. The van der Waals surface area contributed by atoms with Gasteiger partial charge in [-0.3, -0.25) is 4.79 Å². The number of thioether (sulfide) groups is 1. The highest BCUT2D eigenvalue weighted by Crippen LogP contribution is 2.26. The van der Waals surface area contributed by atoms with Crippen molar-refractivity contribution < 1.29 is 4.79 Å². The first-order valence-corrected chi connectivity index (χ1v) is 8.12. The number of nitrogens with one attached hydrogen (secondary N) is 1. The van der Waals surface area contributed by atoms with E-state index in [1.807, 2.05) is 54.8 Å². The summed E-state index contributed by atoms with van der Waals surface area (Å²) in [5.74, 6) is -0.160. The van der Waals surface area contributed by atoms with E-state index in [1.165, 1.54) is 11.3 Å². The Kier molecular flexibility index (Phi) is 3.71. The Bertz CT molecular complexity index is 734. The molecular weight excluding hydrogens is 288 g/mol. The molecule has 3 nitrogen and oxygen atoms in total. The molecule has 0 aliphatic rings. The van der Waals surface area contributed by atoms with Crippen LogP contribution in [0.1, 0.15) is 9.80 Å².